The van der Waals surface area contributed by atoms with E-state index in [9.17, 15) is 4.79 Å². The zero-order valence-corrected chi connectivity index (χ0v) is 12.6. The average Bonchev–Trinajstić information content (AvgIpc) is 2.66. The van der Waals surface area contributed by atoms with E-state index >= 15 is 0 Å². The van der Waals surface area contributed by atoms with Gasteiger partial charge in [-0.1, -0.05) is 37.0 Å². The monoisotopic (exact) mass is 372 g/mol. The normalized spacial score (nSPS) is 18.9. The molecule has 1 aromatic rings. The first-order valence-electron chi connectivity index (χ1n) is 5.37. The van der Waals surface area contributed by atoms with Crippen molar-refractivity contribution in [2.75, 3.05) is 18.0 Å². The number of carbonyl (C=O) groups excluding carboxylic acids is 1. The van der Waals surface area contributed by atoms with Crippen molar-refractivity contribution in [3.8, 4) is 0 Å². The Hall–Kier alpha value is -1.04. The summed E-state index contributed by atoms with van der Waals surface area (Å²) in [7, 11) is 0. The molecule has 1 saturated heterocycles. The second-order valence-corrected chi connectivity index (χ2v) is 5.95. The number of benzene rings is 1. The first kappa shape index (κ1) is 13.4. The molecule has 0 radical (unpaired) electrons. The zero-order valence-electron chi connectivity index (χ0n) is 9.38. The largest absolute Gasteiger partial charge is 0.312 e. The van der Waals surface area contributed by atoms with Gasteiger partial charge in [-0.2, -0.15) is 0 Å². The fraction of sp³-hybridized carbons (Fsp3) is 0.364. The lowest BCUT2D eigenvalue weighted by Gasteiger charge is -2.17. The summed E-state index contributed by atoms with van der Waals surface area (Å²) in [6, 6.07) is 5.72. The molecule has 0 aliphatic carbocycles. The average molecular weight is 374 g/mol. The fourth-order valence-electron chi connectivity index (χ4n) is 2.00. The van der Waals surface area contributed by atoms with Crippen LogP contribution in [0.2, 0.25) is 0 Å². The summed E-state index contributed by atoms with van der Waals surface area (Å²) >= 11 is 6.81. The molecule has 0 N–H and O–H groups in total. The third-order valence-electron chi connectivity index (χ3n) is 2.77. The molecule has 1 atom stereocenters. The lowest BCUT2D eigenvalue weighted by molar-refractivity contribution is -0.117. The highest BCUT2D eigenvalue weighted by molar-refractivity contribution is 9.11. The molecular formula is C11H10Br2N4O. The smallest absolute Gasteiger partial charge is 0.227 e. The minimum Gasteiger partial charge on any atom is -0.312 e. The minimum absolute atomic E-state index is 0.0677. The van der Waals surface area contributed by atoms with Crippen molar-refractivity contribution in [1.82, 2.24) is 0 Å². The molecular weight excluding hydrogens is 364 g/mol. The van der Waals surface area contributed by atoms with Crippen LogP contribution < -0.4 is 4.90 Å². The van der Waals surface area contributed by atoms with Gasteiger partial charge < -0.3 is 4.90 Å². The van der Waals surface area contributed by atoms with Crippen LogP contribution >= 0.6 is 31.9 Å². The highest BCUT2D eigenvalue weighted by atomic mass is 79.9. The third kappa shape index (κ3) is 3.04. The van der Waals surface area contributed by atoms with Crippen LogP contribution in [0.1, 0.15) is 6.42 Å². The van der Waals surface area contributed by atoms with Crippen molar-refractivity contribution in [3.05, 3.63) is 37.6 Å². The topological polar surface area (TPSA) is 69.1 Å². The Labute approximate surface area is 121 Å². The van der Waals surface area contributed by atoms with Gasteiger partial charge in [0.25, 0.3) is 0 Å². The molecule has 0 bridgehead atoms. The van der Waals surface area contributed by atoms with E-state index in [-0.39, 0.29) is 11.8 Å². The number of amides is 1. The highest BCUT2D eigenvalue weighted by Crippen LogP contribution is 2.30. The maximum absolute atomic E-state index is 11.9. The van der Waals surface area contributed by atoms with E-state index in [0.29, 0.717) is 19.5 Å². The van der Waals surface area contributed by atoms with Gasteiger partial charge >= 0.3 is 0 Å². The maximum Gasteiger partial charge on any atom is 0.227 e. The van der Waals surface area contributed by atoms with Crippen LogP contribution in [-0.2, 0) is 4.79 Å². The van der Waals surface area contributed by atoms with Crippen molar-refractivity contribution in [2.24, 2.45) is 11.0 Å². The van der Waals surface area contributed by atoms with Gasteiger partial charge in [0.05, 0.1) is 0 Å². The van der Waals surface area contributed by atoms with Gasteiger partial charge in [-0.15, -0.1) is 0 Å². The Balaban J connectivity index is 2.18. The molecule has 1 amide bonds. The maximum atomic E-state index is 11.9. The quantitative estimate of drug-likeness (QED) is 0.450. The van der Waals surface area contributed by atoms with Crippen LogP contribution in [0.15, 0.2) is 32.3 Å². The van der Waals surface area contributed by atoms with Gasteiger partial charge in [0.15, 0.2) is 0 Å². The fourth-order valence-corrected chi connectivity index (χ4v) is 3.27. The van der Waals surface area contributed by atoms with Gasteiger partial charge in [-0.3, -0.25) is 4.79 Å². The van der Waals surface area contributed by atoms with Gasteiger partial charge in [0.1, 0.15) is 0 Å². The Morgan fingerprint density at radius 2 is 2.06 bits per heavy atom. The number of rotatable bonds is 3. The number of carbonyl (C=O) groups is 1. The van der Waals surface area contributed by atoms with E-state index in [4.69, 9.17) is 5.53 Å². The van der Waals surface area contributed by atoms with E-state index in [2.05, 4.69) is 41.9 Å². The van der Waals surface area contributed by atoms with Crippen LogP contribution in [0.5, 0.6) is 0 Å². The number of azide groups is 1. The Morgan fingerprint density at radius 3 is 2.67 bits per heavy atom. The predicted octanol–water partition coefficient (Wildman–Crippen LogP) is 3.87. The summed E-state index contributed by atoms with van der Waals surface area (Å²) in [5.74, 6) is 0.171. The molecule has 18 heavy (non-hydrogen) atoms. The van der Waals surface area contributed by atoms with E-state index in [1.165, 1.54) is 0 Å². The molecule has 0 saturated carbocycles. The van der Waals surface area contributed by atoms with Crippen molar-refractivity contribution in [1.29, 1.82) is 0 Å². The van der Waals surface area contributed by atoms with Crippen molar-refractivity contribution < 1.29 is 4.79 Å². The number of hydrogen-bond acceptors (Lipinski definition) is 2. The zero-order chi connectivity index (χ0) is 13.1. The van der Waals surface area contributed by atoms with Gasteiger partial charge in [0.2, 0.25) is 5.91 Å². The van der Waals surface area contributed by atoms with E-state index in [1.807, 2.05) is 18.2 Å². The summed E-state index contributed by atoms with van der Waals surface area (Å²) in [5.41, 5.74) is 9.15. The first-order valence-corrected chi connectivity index (χ1v) is 6.96. The standard InChI is InChI=1S/C11H10Br2N4O/c12-8-2-9(13)4-10(3-8)17-6-7(1-11(17)18)5-15-16-14/h2-4,7H,1,5-6H2. The molecule has 1 aromatic carbocycles. The third-order valence-corrected chi connectivity index (χ3v) is 3.68. The highest BCUT2D eigenvalue weighted by Gasteiger charge is 2.30. The summed E-state index contributed by atoms with van der Waals surface area (Å²) < 4.78 is 1.83. The van der Waals surface area contributed by atoms with E-state index in [0.717, 1.165) is 14.6 Å². The number of halogens is 2. The molecule has 0 aromatic heterocycles. The van der Waals surface area contributed by atoms with Gasteiger partial charge in [-0.25, -0.2) is 0 Å². The van der Waals surface area contributed by atoms with Crippen LogP contribution in [-0.4, -0.2) is 19.0 Å². The van der Waals surface area contributed by atoms with Gasteiger partial charge in [-0.05, 0) is 29.6 Å². The second-order valence-electron chi connectivity index (χ2n) is 4.12. The predicted molar refractivity (Wildman–Crippen MR) is 76.3 cm³/mol. The number of nitrogens with zero attached hydrogens (tertiary/aromatic N) is 4. The molecule has 1 fully saturated rings. The molecule has 1 unspecified atom stereocenters. The molecule has 7 heteroatoms. The number of hydrogen-bond donors (Lipinski definition) is 0. The Bertz CT molecular complexity index is 508. The molecule has 1 aliphatic heterocycles. The lowest BCUT2D eigenvalue weighted by Crippen LogP contribution is -2.24. The van der Waals surface area contributed by atoms with Gasteiger partial charge in [0, 0.05) is 39.1 Å². The van der Waals surface area contributed by atoms with E-state index < -0.39 is 0 Å². The summed E-state index contributed by atoms with van der Waals surface area (Å²) in [4.78, 5) is 16.4. The Morgan fingerprint density at radius 1 is 1.39 bits per heavy atom. The summed E-state index contributed by atoms with van der Waals surface area (Å²) in [6.45, 7) is 0.967. The van der Waals surface area contributed by atoms with Crippen LogP contribution in [0.3, 0.4) is 0 Å². The molecule has 1 heterocycles. The molecule has 2 rings (SSSR count). The lowest BCUT2D eigenvalue weighted by atomic mass is 10.1. The van der Waals surface area contributed by atoms with E-state index in [1.54, 1.807) is 4.90 Å². The van der Waals surface area contributed by atoms with Crippen molar-refractivity contribution >= 4 is 43.5 Å². The molecule has 5 nitrogen and oxygen atoms in total. The number of anilines is 1. The van der Waals surface area contributed by atoms with Crippen LogP contribution in [0, 0.1) is 5.92 Å². The summed E-state index contributed by atoms with van der Waals surface area (Å²) in [5, 5.41) is 3.53. The van der Waals surface area contributed by atoms with Crippen LogP contribution in [0.25, 0.3) is 10.4 Å². The SMILES string of the molecule is [N-]=[N+]=NCC1CC(=O)N(c2cc(Br)cc(Br)c2)C1. The molecule has 1 aliphatic rings. The molecule has 94 valence electrons. The van der Waals surface area contributed by atoms with Crippen molar-refractivity contribution in [3.63, 3.8) is 0 Å². The van der Waals surface area contributed by atoms with Crippen molar-refractivity contribution in [2.45, 2.75) is 6.42 Å². The Kier molecular flexibility index (Phi) is 4.27. The minimum atomic E-state index is 0.0677. The molecule has 0 spiro atoms. The first-order chi connectivity index (χ1) is 8.60. The summed E-state index contributed by atoms with van der Waals surface area (Å²) in [6.07, 6.45) is 0.434. The second kappa shape index (κ2) is 5.73. The van der Waals surface area contributed by atoms with Crippen LogP contribution in [0.4, 0.5) is 5.69 Å².